The van der Waals surface area contributed by atoms with Gasteiger partial charge in [-0.3, -0.25) is 14.9 Å². The molecular formula is C25H17N3O4. The van der Waals surface area contributed by atoms with Crippen LogP contribution < -0.4 is 5.32 Å². The minimum absolute atomic E-state index is 0.0215. The maximum absolute atomic E-state index is 12.6. The number of nitrogens with one attached hydrogen (secondary N) is 1. The van der Waals surface area contributed by atoms with E-state index in [-0.39, 0.29) is 11.6 Å². The predicted molar refractivity (Wildman–Crippen MR) is 123 cm³/mol. The first-order valence-electron chi connectivity index (χ1n) is 9.94. The molecule has 4 aromatic carbocycles. The number of nitro groups is 1. The topological polar surface area (TPSA) is 98.3 Å². The van der Waals surface area contributed by atoms with Gasteiger partial charge >= 0.3 is 0 Å². The highest BCUT2D eigenvalue weighted by atomic mass is 16.6. The van der Waals surface area contributed by atoms with Crippen LogP contribution in [-0.2, 0) is 0 Å². The van der Waals surface area contributed by atoms with Gasteiger partial charge in [-0.2, -0.15) is 0 Å². The number of carbonyl (C=O) groups is 1. The van der Waals surface area contributed by atoms with E-state index in [1.165, 1.54) is 18.2 Å². The molecule has 0 atom stereocenters. The molecule has 0 aliphatic rings. The van der Waals surface area contributed by atoms with Crippen molar-refractivity contribution < 1.29 is 14.1 Å². The van der Waals surface area contributed by atoms with Gasteiger partial charge in [0.25, 0.3) is 11.6 Å². The summed E-state index contributed by atoms with van der Waals surface area (Å²) >= 11 is 0. The highest BCUT2D eigenvalue weighted by molar-refractivity contribution is 6.05. The monoisotopic (exact) mass is 423 g/mol. The second-order valence-corrected chi connectivity index (χ2v) is 7.48. The largest absolute Gasteiger partial charge is 0.436 e. The number of carbonyl (C=O) groups excluding carboxylic acids is 1. The Labute approximate surface area is 182 Å². The zero-order valence-electron chi connectivity index (χ0n) is 17.0. The van der Waals surface area contributed by atoms with E-state index in [1.807, 2.05) is 42.5 Å². The summed E-state index contributed by atoms with van der Waals surface area (Å²) < 4.78 is 5.91. The van der Waals surface area contributed by atoms with Crippen molar-refractivity contribution in [2.24, 2.45) is 0 Å². The van der Waals surface area contributed by atoms with Crippen LogP contribution in [0.1, 0.15) is 15.9 Å². The molecule has 5 rings (SSSR count). The molecule has 0 fully saturated rings. The Morgan fingerprint density at radius 3 is 2.56 bits per heavy atom. The third-order valence-electron chi connectivity index (χ3n) is 5.30. The molecule has 5 aromatic rings. The number of rotatable bonds is 4. The van der Waals surface area contributed by atoms with Gasteiger partial charge in [0.2, 0.25) is 5.89 Å². The first kappa shape index (κ1) is 19.4. The summed E-state index contributed by atoms with van der Waals surface area (Å²) in [6, 6.07) is 23.6. The minimum atomic E-state index is -0.470. The second kappa shape index (κ2) is 7.63. The Morgan fingerprint density at radius 2 is 1.78 bits per heavy atom. The molecule has 32 heavy (non-hydrogen) atoms. The van der Waals surface area contributed by atoms with Crippen molar-refractivity contribution in [3.8, 4) is 11.5 Å². The Morgan fingerprint density at radius 1 is 0.969 bits per heavy atom. The van der Waals surface area contributed by atoms with E-state index in [4.69, 9.17) is 4.42 Å². The van der Waals surface area contributed by atoms with E-state index >= 15 is 0 Å². The number of nitro benzene ring substituents is 1. The average Bonchev–Trinajstić information content (AvgIpc) is 3.22. The molecule has 0 aliphatic heterocycles. The molecule has 0 saturated carbocycles. The van der Waals surface area contributed by atoms with Gasteiger partial charge in [0, 0.05) is 28.4 Å². The van der Waals surface area contributed by atoms with Crippen LogP contribution in [0.4, 0.5) is 11.4 Å². The van der Waals surface area contributed by atoms with Crippen LogP contribution in [0.25, 0.3) is 33.3 Å². The number of aryl methyl sites for hydroxylation is 1. The van der Waals surface area contributed by atoms with Crippen LogP contribution in [0, 0.1) is 17.0 Å². The van der Waals surface area contributed by atoms with E-state index in [0.29, 0.717) is 33.8 Å². The number of anilines is 1. The number of nitrogens with zero attached hydrogens (tertiary/aromatic N) is 2. The highest BCUT2D eigenvalue weighted by Crippen LogP contribution is 2.29. The average molecular weight is 423 g/mol. The molecule has 7 nitrogen and oxygen atoms in total. The van der Waals surface area contributed by atoms with Crippen LogP contribution in [0.2, 0.25) is 0 Å². The molecule has 0 unspecified atom stereocenters. The maximum Gasteiger partial charge on any atom is 0.272 e. The molecule has 1 heterocycles. The lowest BCUT2D eigenvalue weighted by molar-refractivity contribution is -0.385. The van der Waals surface area contributed by atoms with E-state index in [9.17, 15) is 14.9 Å². The van der Waals surface area contributed by atoms with Gasteiger partial charge in [-0.25, -0.2) is 4.98 Å². The lowest BCUT2D eigenvalue weighted by atomic mass is 10.1. The molecule has 156 valence electrons. The fourth-order valence-corrected chi connectivity index (χ4v) is 3.66. The Hall–Kier alpha value is -4.52. The molecule has 1 N–H and O–H groups in total. The third kappa shape index (κ3) is 3.56. The fourth-order valence-electron chi connectivity index (χ4n) is 3.66. The maximum atomic E-state index is 12.6. The predicted octanol–water partition coefficient (Wildman–Crippen LogP) is 6.12. The smallest absolute Gasteiger partial charge is 0.272 e. The summed E-state index contributed by atoms with van der Waals surface area (Å²) in [5, 5.41) is 16.0. The van der Waals surface area contributed by atoms with E-state index < -0.39 is 4.92 Å². The van der Waals surface area contributed by atoms with Gasteiger partial charge < -0.3 is 9.73 Å². The lowest BCUT2D eigenvalue weighted by Gasteiger charge is -2.06. The number of aromatic nitrogens is 1. The third-order valence-corrected chi connectivity index (χ3v) is 5.30. The van der Waals surface area contributed by atoms with Crippen molar-refractivity contribution in [2.45, 2.75) is 6.92 Å². The van der Waals surface area contributed by atoms with Crippen LogP contribution in [0.15, 0.2) is 83.3 Å². The summed E-state index contributed by atoms with van der Waals surface area (Å²) in [6.45, 7) is 1.60. The number of oxazole rings is 1. The molecule has 0 saturated heterocycles. The summed E-state index contributed by atoms with van der Waals surface area (Å²) in [5.41, 5.74) is 3.39. The SMILES string of the molecule is Cc1cc(C(=O)Nc2ccc3oc(-c4ccc5ccccc5c4)nc3c2)ccc1[N+](=O)[O-]. The standard InChI is InChI=1S/C25H17N3O4/c1-15-12-18(8-10-22(15)28(30)31)24(29)26-20-9-11-23-21(14-20)27-25(32-23)19-7-6-16-4-2-3-5-17(16)13-19/h2-14H,1H3,(H,26,29). The molecule has 7 heteroatoms. The van der Waals surface area contributed by atoms with Crippen molar-refractivity contribution in [2.75, 3.05) is 5.32 Å². The Kier molecular flexibility index (Phi) is 4.63. The molecule has 0 spiro atoms. The molecule has 0 radical (unpaired) electrons. The first-order chi connectivity index (χ1) is 15.5. The molecule has 0 aliphatic carbocycles. The first-order valence-corrected chi connectivity index (χ1v) is 9.94. The number of amides is 1. The van der Waals surface area contributed by atoms with Gasteiger partial charge in [0.05, 0.1) is 4.92 Å². The quantitative estimate of drug-likeness (QED) is 0.277. The van der Waals surface area contributed by atoms with Gasteiger partial charge in [-0.1, -0.05) is 30.3 Å². The normalized spacial score (nSPS) is 11.0. The number of fused-ring (bicyclic) bond motifs is 2. The zero-order valence-corrected chi connectivity index (χ0v) is 17.0. The summed E-state index contributed by atoms with van der Waals surface area (Å²) in [5.74, 6) is 0.140. The van der Waals surface area contributed by atoms with Crippen molar-refractivity contribution in [1.82, 2.24) is 4.98 Å². The van der Waals surface area contributed by atoms with E-state index in [1.54, 1.807) is 25.1 Å². The van der Waals surface area contributed by atoms with Crippen molar-refractivity contribution in [3.63, 3.8) is 0 Å². The highest BCUT2D eigenvalue weighted by Gasteiger charge is 2.15. The van der Waals surface area contributed by atoms with E-state index in [0.717, 1.165) is 16.3 Å². The van der Waals surface area contributed by atoms with Gasteiger partial charge in [-0.15, -0.1) is 0 Å². The van der Waals surface area contributed by atoms with Gasteiger partial charge in [-0.05, 0) is 60.2 Å². The summed E-state index contributed by atoms with van der Waals surface area (Å²) in [6.07, 6.45) is 0. The minimum Gasteiger partial charge on any atom is -0.436 e. The van der Waals surface area contributed by atoms with Crippen molar-refractivity contribution >= 4 is 39.2 Å². The lowest BCUT2D eigenvalue weighted by Crippen LogP contribution is -2.12. The summed E-state index contributed by atoms with van der Waals surface area (Å²) in [7, 11) is 0. The number of benzene rings is 4. The van der Waals surface area contributed by atoms with Crippen LogP contribution >= 0.6 is 0 Å². The zero-order chi connectivity index (χ0) is 22.2. The molecule has 0 bridgehead atoms. The van der Waals surface area contributed by atoms with Crippen LogP contribution in [0.3, 0.4) is 0 Å². The second-order valence-electron chi connectivity index (χ2n) is 7.48. The number of hydrogen-bond acceptors (Lipinski definition) is 5. The molecule has 1 aromatic heterocycles. The van der Waals surface area contributed by atoms with Gasteiger partial charge in [0.1, 0.15) is 5.52 Å². The van der Waals surface area contributed by atoms with Gasteiger partial charge in [0.15, 0.2) is 5.58 Å². The van der Waals surface area contributed by atoms with Crippen molar-refractivity contribution in [3.05, 3.63) is 100 Å². The molecule has 1 amide bonds. The Balaban J connectivity index is 1.41. The summed E-state index contributed by atoms with van der Waals surface area (Å²) in [4.78, 5) is 27.7. The number of hydrogen-bond donors (Lipinski definition) is 1. The van der Waals surface area contributed by atoms with Crippen LogP contribution in [-0.4, -0.2) is 15.8 Å². The van der Waals surface area contributed by atoms with E-state index in [2.05, 4.69) is 10.3 Å². The van der Waals surface area contributed by atoms with Crippen molar-refractivity contribution in [1.29, 1.82) is 0 Å². The fraction of sp³-hybridized carbons (Fsp3) is 0.0400. The molecular weight excluding hydrogens is 406 g/mol. The Bertz CT molecular complexity index is 1520. The van der Waals surface area contributed by atoms with Crippen LogP contribution in [0.5, 0.6) is 0 Å².